The summed E-state index contributed by atoms with van der Waals surface area (Å²) in [5.41, 5.74) is 1.18. The summed E-state index contributed by atoms with van der Waals surface area (Å²) in [6.45, 7) is 11.6. The topological polar surface area (TPSA) is 42.3 Å². The maximum atomic E-state index is 5.34. The molecule has 0 amide bonds. The first kappa shape index (κ1) is 13.3. The van der Waals surface area contributed by atoms with Gasteiger partial charge in [0.25, 0.3) is 0 Å². The predicted octanol–water partition coefficient (Wildman–Crippen LogP) is 0.794. The number of ether oxygens (including phenoxy) is 1. The SMILES string of the molecule is C=Cn1cc(CNC(C)CN2CCOCC2)cn1. The molecule has 0 aliphatic carbocycles. The van der Waals surface area contributed by atoms with Gasteiger partial charge in [0.15, 0.2) is 0 Å². The fourth-order valence-electron chi connectivity index (χ4n) is 2.10. The predicted molar refractivity (Wildman–Crippen MR) is 72.2 cm³/mol. The van der Waals surface area contributed by atoms with Crippen molar-refractivity contribution in [2.24, 2.45) is 0 Å². The lowest BCUT2D eigenvalue weighted by Gasteiger charge is -2.29. The smallest absolute Gasteiger partial charge is 0.0594 e. The van der Waals surface area contributed by atoms with Crippen molar-refractivity contribution in [3.8, 4) is 0 Å². The maximum absolute atomic E-state index is 5.34. The van der Waals surface area contributed by atoms with Crippen LogP contribution in [-0.4, -0.2) is 53.6 Å². The van der Waals surface area contributed by atoms with Crippen LogP contribution in [0.3, 0.4) is 0 Å². The van der Waals surface area contributed by atoms with Crippen LogP contribution >= 0.6 is 0 Å². The average Bonchev–Trinajstić information content (AvgIpc) is 2.85. The number of hydrogen-bond acceptors (Lipinski definition) is 4. The Bertz CT molecular complexity index is 371. The van der Waals surface area contributed by atoms with Crippen LogP contribution in [0.1, 0.15) is 12.5 Å². The Morgan fingerprint density at radius 1 is 1.56 bits per heavy atom. The molecule has 1 aromatic rings. The van der Waals surface area contributed by atoms with Gasteiger partial charge in [-0.2, -0.15) is 5.10 Å². The molecule has 2 rings (SSSR count). The van der Waals surface area contributed by atoms with Gasteiger partial charge < -0.3 is 10.1 Å². The Balaban J connectivity index is 1.70. The number of morpholine rings is 1. The van der Waals surface area contributed by atoms with E-state index < -0.39 is 0 Å². The maximum Gasteiger partial charge on any atom is 0.0594 e. The highest BCUT2D eigenvalue weighted by Gasteiger charge is 2.13. The number of rotatable bonds is 6. The molecule has 2 heterocycles. The zero-order valence-electron chi connectivity index (χ0n) is 11.0. The summed E-state index contributed by atoms with van der Waals surface area (Å²) in [7, 11) is 0. The molecule has 1 saturated heterocycles. The first-order valence-electron chi connectivity index (χ1n) is 6.47. The Hall–Kier alpha value is -1.17. The van der Waals surface area contributed by atoms with E-state index in [2.05, 4.69) is 28.8 Å². The van der Waals surface area contributed by atoms with Crippen molar-refractivity contribution >= 4 is 6.20 Å². The number of nitrogens with zero attached hydrogens (tertiary/aromatic N) is 3. The van der Waals surface area contributed by atoms with E-state index in [0.29, 0.717) is 6.04 Å². The lowest BCUT2D eigenvalue weighted by Crippen LogP contribution is -2.44. The Morgan fingerprint density at radius 2 is 2.33 bits per heavy atom. The van der Waals surface area contributed by atoms with Gasteiger partial charge in [0.1, 0.15) is 0 Å². The second kappa shape index (κ2) is 6.68. The van der Waals surface area contributed by atoms with E-state index in [9.17, 15) is 0 Å². The molecule has 0 bridgehead atoms. The molecule has 1 fully saturated rings. The molecular weight excluding hydrogens is 228 g/mol. The molecule has 100 valence electrons. The van der Waals surface area contributed by atoms with Gasteiger partial charge in [-0.3, -0.25) is 4.90 Å². The summed E-state index contributed by atoms with van der Waals surface area (Å²) in [6, 6.07) is 0.468. The van der Waals surface area contributed by atoms with Crippen LogP contribution in [0.15, 0.2) is 19.0 Å². The lowest BCUT2D eigenvalue weighted by atomic mass is 10.2. The minimum absolute atomic E-state index is 0.468. The van der Waals surface area contributed by atoms with Gasteiger partial charge in [-0.1, -0.05) is 6.58 Å². The van der Waals surface area contributed by atoms with E-state index in [1.807, 2.05) is 12.4 Å². The van der Waals surface area contributed by atoms with E-state index in [-0.39, 0.29) is 0 Å². The fraction of sp³-hybridized carbons (Fsp3) is 0.615. The molecular formula is C13H22N4O. The standard InChI is InChI=1S/C13H22N4O/c1-3-17-11-13(9-15-17)8-14-12(2)10-16-4-6-18-7-5-16/h3,9,11-12,14H,1,4-8,10H2,2H3. The van der Waals surface area contributed by atoms with E-state index in [0.717, 1.165) is 39.4 Å². The highest BCUT2D eigenvalue weighted by Crippen LogP contribution is 2.01. The Labute approximate surface area is 108 Å². The van der Waals surface area contributed by atoms with Gasteiger partial charge in [-0.05, 0) is 6.92 Å². The molecule has 18 heavy (non-hydrogen) atoms. The van der Waals surface area contributed by atoms with Crippen LogP contribution in [0.5, 0.6) is 0 Å². The van der Waals surface area contributed by atoms with Crippen LogP contribution in [0.4, 0.5) is 0 Å². The van der Waals surface area contributed by atoms with E-state index in [1.165, 1.54) is 5.56 Å². The Kier molecular flexibility index (Phi) is 4.92. The lowest BCUT2D eigenvalue weighted by molar-refractivity contribution is 0.0343. The largest absolute Gasteiger partial charge is 0.379 e. The molecule has 1 aromatic heterocycles. The third-order valence-electron chi connectivity index (χ3n) is 3.13. The van der Waals surface area contributed by atoms with Crippen molar-refractivity contribution in [3.63, 3.8) is 0 Å². The molecule has 1 N–H and O–H groups in total. The number of aromatic nitrogens is 2. The van der Waals surface area contributed by atoms with Crippen LogP contribution in [0, 0.1) is 0 Å². The summed E-state index contributed by atoms with van der Waals surface area (Å²) in [6.07, 6.45) is 5.55. The summed E-state index contributed by atoms with van der Waals surface area (Å²) < 4.78 is 7.07. The third kappa shape index (κ3) is 3.94. The average molecular weight is 250 g/mol. The van der Waals surface area contributed by atoms with Crippen molar-refractivity contribution in [3.05, 3.63) is 24.5 Å². The van der Waals surface area contributed by atoms with Crippen molar-refractivity contribution < 1.29 is 4.74 Å². The monoisotopic (exact) mass is 250 g/mol. The van der Waals surface area contributed by atoms with Crippen molar-refractivity contribution in [1.29, 1.82) is 0 Å². The summed E-state index contributed by atoms with van der Waals surface area (Å²) in [4.78, 5) is 2.44. The van der Waals surface area contributed by atoms with Gasteiger partial charge in [0.05, 0.1) is 19.4 Å². The molecule has 1 aliphatic rings. The summed E-state index contributed by atoms with van der Waals surface area (Å²) >= 11 is 0. The highest BCUT2D eigenvalue weighted by atomic mass is 16.5. The first-order chi connectivity index (χ1) is 8.78. The molecule has 1 atom stereocenters. The van der Waals surface area contributed by atoms with Crippen LogP contribution in [0.25, 0.3) is 6.20 Å². The molecule has 0 saturated carbocycles. The van der Waals surface area contributed by atoms with Gasteiger partial charge in [0, 0.05) is 50.2 Å². The minimum Gasteiger partial charge on any atom is -0.379 e. The van der Waals surface area contributed by atoms with Crippen molar-refractivity contribution in [1.82, 2.24) is 20.0 Å². The number of nitrogens with one attached hydrogen (secondary N) is 1. The molecule has 0 aromatic carbocycles. The van der Waals surface area contributed by atoms with E-state index in [4.69, 9.17) is 4.74 Å². The molecule has 1 aliphatic heterocycles. The van der Waals surface area contributed by atoms with E-state index >= 15 is 0 Å². The fourth-order valence-corrected chi connectivity index (χ4v) is 2.10. The van der Waals surface area contributed by atoms with Crippen LogP contribution in [-0.2, 0) is 11.3 Å². The first-order valence-corrected chi connectivity index (χ1v) is 6.47. The van der Waals surface area contributed by atoms with Gasteiger partial charge in [-0.25, -0.2) is 4.68 Å². The summed E-state index contributed by atoms with van der Waals surface area (Å²) in [5.74, 6) is 0. The molecule has 1 unspecified atom stereocenters. The molecule has 0 radical (unpaired) electrons. The molecule has 0 spiro atoms. The Morgan fingerprint density at radius 3 is 3.00 bits per heavy atom. The van der Waals surface area contributed by atoms with Gasteiger partial charge >= 0.3 is 0 Å². The minimum atomic E-state index is 0.468. The quantitative estimate of drug-likeness (QED) is 0.811. The number of hydrogen-bond donors (Lipinski definition) is 1. The second-order valence-corrected chi connectivity index (χ2v) is 4.71. The van der Waals surface area contributed by atoms with Gasteiger partial charge in [0.2, 0.25) is 0 Å². The third-order valence-corrected chi connectivity index (χ3v) is 3.13. The highest BCUT2D eigenvalue weighted by molar-refractivity contribution is 5.17. The zero-order valence-corrected chi connectivity index (χ0v) is 11.0. The van der Waals surface area contributed by atoms with Crippen molar-refractivity contribution in [2.45, 2.75) is 19.5 Å². The second-order valence-electron chi connectivity index (χ2n) is 4.71. The van der Waals surface area contributed by atoms with E-state index in [1.54, 1.807) is 10.9 Å². The normalized spacial score (nSPS) is 18.7. The van der Waals surface area contributed by atoms with Gasteiger partial charge in [-0.15, -0.1) is 0 Å². The van der Waals surface area contributed by atoms with Crippen molar-refractivity contribution in [2.75, 3.05) is 32.8 Å². The summed E-state index contributed by atoms with van der Waals surface area (Å²) in [5, 5.41) is 7.67. The molecule has 5 heteroatoms. The van der Waals surface area contributed by atoms with Crippen LogP contribution in [0.2, 0.25) is 0 Å². The zero-order chi connectivity index (χ0) is 12.8. The molecule has 5 nitrogen and oxygen atoms in total. The van der Waals surface area contributed by atoms with Crippen LogP contribution < -0.4 is 5.32 Å².